The Labute approximate surface area is 153 Å². The van der Waals surface area contributed by atoms with Crippen LogP contribution in [0.5, 0.6) is 0 Å². The lowest BCUT2D eigenvalue weighted by atomic mass is 9.47. The van der Waals surface area contributed by atoms with E-state index in [1.165, 1.54) is 72.1 Å². The first-order chi connectivity index (χ1) is 11.7. The second kappa shape index (κ2) is 4.78. The Morgan fingerprint density at radius 1 is 0.875 bits per heavy atom. The highest BCUT2D eigenvalue weighted by Crippen LogP contribution is 2.61. The predicted molar refractivity (Wildman–Crippen MR) is 107 cm³/mol. The van der Waals surface area contributed by atoms with E-state index in [1.807, 2.05) is 0 Å². The third kappa shape index (κ3) is 1.98. The second-order valence-electron chi connectivity index (χ2n) is 8.99. The zero-order chi connectivity index (χ0) is 15.9. The Morgan fingerprint density at radius 2 is 1.54 bits per heavy atom. The molecule has 2 heteroatoms. The van der Waals surface area contributed by atoms with E-state index in [1.54, 1.807) is 5.56 Å². The Kier molecular flexibility index (Phi) is 2.83. The molecule has 7 rings (SSSR count). The maximum Gasteiger partial charge on any atom is 0.181 e. The van der Waals surface area contributed by atoms with E-state index >= 15 is 0 Å². The molecular formula is C22H22BBr. The van der Waals surface area contributed by atoms with Crippen LogP contribution in [0.2, 0.25) is 0 Å². The summed E-state index contributed by atoms with van der Waals surface area (Å²) >= 11 is 3.80. The lowest BCUT2D eigenvalue weighted by Crippen LogP contribution is -2.48. The maximum absolute atomic E-state index is 3.80. The molecule has 0 radical (unpaired) electrons. The minimum atomic E-state index is 0.476. The molecule has 4 bridgehead atoms. The number of benzene rings is 2. The predicted octanol–water partition coefficient (Wildman–Crippen LogP) is 5.82. The standard InChI is InChI=1S/C22H22BBr/c24-21-4-3-19(18-8-16(20-12-23-20)1-2-17(18)21)22-9-13-5-14(10-22)7-15(6-13)11-22/h1-4,8,12-15,23H,5-7,9-11H2. The van der Waals surface area contributed by atoms with E-state index in [4.69, 9.17) is 0 Å². The van der Waals surface area contributed by atoms with Gasteiger partial charge in [0.15, 0.2) is 7.28 Å². The molecule has 1 aliphatic heterocycles. The van der Waals surface area contributed by atoms with Crippen LogP contribution >= 0.6 is 15.9 Å². The normalized spacial score (nSPS) is 35.9. The molecule has 24 heavy (non-hydrogen) atoms. The first-order valence-electron chi connectivity index (χ1n) is 9.62. The lowest BCUT2D eigenvalue weighted by molar-refractivity contribution is -0.00449. The monoisotopic (exact) mass is 376 g/mol. The van der Waals surface area contributed by atoms with Gasteiger partial charge in [-0.1, -0.05) is 39.6 Å². The van der Waals surface area contributed by atoms with Crippen molar-refractivity contribution in [3.8, 4) is 0 Å². The molecule has 1 heterocycles. The topological polar surface area (TPSA) is 0 Å². The van der Waals surface area contributed by atoms with Crippen LogP contribution in [0.25, 0.3) is 16.2 Å². The molecule has 0 aromatic heterocycles. The summed E-state index contributed by atoms with van der Waals surface area (Å²) in [5, 5.41) is 2.94. The van der Waals surface area contributed by atoms with Gasteiger partial charge in [0.05, 0.1) is 0 Å². The summed E-state index contributed by atoms with van der Waals surface area (Å²) in [6.07, 6.45) is 8.90. The highest BCUT2D eigenvalue weighted by Gasteiger charge is 2.52. The molecule has 0 amide bonds. The van der Waals surface area contributed by atoms with Gasteiger partial charge >= 0.3 is 0 Å². The molecule has 5 aliphatic rings. The smallest absolute Gasteiger partial charge is 0.118 e. The summed E-state index contributed by atoms with van der Waals surface area (Å²) in [5.41, 5.74) is 5.13. The van der Waals surface area contributed by atoms with E-state index in [9.17, 15) is 0 Å². The van der Waals surface area contributed by atoms with Gasteiger partial charge in [0.1, 0.15) is 0 Å². The highest BCUT2D eigenvalue weighted by atomic mass is 79.9. The molecule has 0 spiro atoms. The maximum atomic E-state index is 3.80. The van der Waals surface area contributed by atoms with E-state index < -0.39 is 0 Å². The van der Waals surface area contributed by atoms with E-state index in [-0.39, 0.29) is 0 Å². The summed E-state index contributed by atoms with van der Waals surface area (Å²) in [5.74, 6) is 5.36. The van der Waals surface area contributed by atoms with Gasteiger partial charge in [-0.05, 0) is 95.7 Å². The highest BCUT2D eigenvalue weighted by molar-refractivity contribution is 9.10. The Bertz CT molecular complexity index is 859. The molecule has 0 atom stereocenters. The van der Waals surface area contributed by atoms with Crippen LogP contribution in [-0.4, -0.2) is 7.28 Å². The fourth-order valence-corrected chi connectivity index (χ4v) is 7.18. The second-order valence-corrected chi connectivity index (χ2v) is 9.84. The zero-order valence-electron chi connectivity index (χ0n) is 14.0. The summed E-state index contributed by atoms with van der Waals surface area (Å²) in [7, 11) is 1.19. The van der Waals surface area contributed by atoms with Crippen LogP contribution in [0.15, 0.2) is 40.8 Å². The van der Waals surface area contributed by atoms with Crippen LogP contribution < -0.4 is 0 Å². The lowest BCUT2D eigenvalue weighted by Gasteiger charge is -2.57. The number of hydrogen-bond acceptors (Lipinski definition) is 0. The molecule has 120 valence electrons. The van der Waals surface area contributed by atoms with Crippen LogP contribution in [-0.2, 0) is 5.41 Å². The van der Waals surface area contributed by atoms with Gasteiger partial charge in [-0.25, -0.2) is 0 Å². The van der Waals surface area contributed by atoms with Crippen molar-refractivity contribution >= 4 is 39.5 Å². The molecular weight excluding hydrogens is 355 g/mol. The largest absolute Gasteiger partial charge is 0.181 e. The van der Waals surface area contributed by atoms with Crippen LogP contribution in [0, 0.1) is 17.8 Å². The molecule has 2 aromatic carbocycles. The first kappa shape index (κ1) is 14.2. The van der Waals surface area contributed by atoms with Crippen LogP contribution in [0.3, 0.4) is 0 Å². The van der Waals surface area contributed by atoms with Crippen LogP contribution in [0.1, 0.15) is 49.7 Å². The van der Waals surface area contributed by atoms with Gasteiger partial charge in [-0.2, -0.15) is 0 Å². The number of halogens is 1. The molecule has 0 saturated heterocycles. The number of rotatable bonds is 2. The summed E-state index contributed by atoms with van der Waals surface area (Å²) < 4.78 is 1.25. The van der Waals surface area contributed by atoms with Crippen molar-refractivity contribution in [3.63, 3.8) is 0 Å². The van der Waals surface area contributed by atoms with Crippen molar-refractivity contribution in [2.45, 2.75) is 43.9 Å². The summed E-state index contributed by atoms with van der Waals surface area (Å²) in [6.45, 7) is 0. The van der Waals surface area contributed by atoms with Crippen molar-refractivity contribution in [2.75, 3.05) is 0 Å². The van der Waals surface area contributed by atoms with Crippen LogP contribution in [0.4, 0.5) is 0 Å². The number of fused-ring (bicyclic) bond motifs is 1. The molecule has 0 nitrogen and oxygen atoms in total. The van der Waals surface area contributed by atoms with Gasteiger partial charge in [-0.3, -0.25) is 0 Å². The third-order valence-corrected chi connectivity index (χ3v) is 8.04. The van der Waals surface area contributed by atoms with E-state index in [0.29, 0.717) is 5.41 Å². The molecule has 0 N–H and O–H groups in total. The quantitative estimate of drug-likeness (QED) is 0.579. The van der Waals surface area contributed by atoms with Crippen molar-refractivity contribution in [1.29, 1.82) is 0 Å². The zero-order valence-corrected chi connectivity index (χ0v) is 15.6. The Hall–Kier alpha value is -1.02. The van der Waals surface area contributed by atoms with Crippen molar-refractivity contribution in [1.82, 2.24) is 0 Å². The van der Waals surface area contributed by atoms with Crippen molar-refractivity contribution in [2.24, 2.45) is 17.8 Å². The van der Waals surface area contributed by atoms with Crippen molar-refractivity contribution in [3.05, 3.63) is 51.9 Å². The molecule has 0 unspecified atom stereocenters. The third-order valence-electron chi connectivity index (χ3n) is 7.35. The molecule has 2 aromatic rings. The Morgan fingerprint density at radius 3 is 2.17 bits per heavy atom. The minimum Gasteiger partial charge on any atom is -0.118 e. The average Bonchev–Trinajstić information content (AvgIpc) is 3.38. The van der Waals surface area contributed by atoms with Crippen molar-refractivity contribution < 1.29 is 0 Å². The van der Waals surface area contributed by atoms with E-state index in [0.717, 1.165) is 17.8 Å². The van der Waals surface area contributed by atoms with E-state index in [2.05, 4.69) is 52.2 Å². The summed E-state index contributed by atoms with van der Waals surface area (Å²) in [6, 6.07) is 11.9. The van der Waals surface area contributed by atoms with Gasteiger partial charge in [0.25, 0.3) is 0 Å². The summed E-state index contributed by atoms with van der Waals surface area (Å²) in [4.78, 5) is 0. The minimum absolute atomic E-state index is 0.476. The van der Waals surface area contributed by atoms with Gasteiger partial charge < -0.3 is 0 Å². The fraction of sp³-hybridized carbons (Fsp3) is 0.455. The van der Waals surface area contributed by atoms with Gasteiger partial charge in [-0.15, -0.1) is 5.98 Å². The van der Waals surface area contributed by atoms with Gasteiger partial charge in [0, 0.05) is 4.47 Å². The average molecular weight is 377 g/mol. The Balaban J connectivity index is 1.57. The van der Waals surface area contributed by atoms with Gasteiger partial charge in [0.2, 0.25) is 0 Å². The first-order valence-corrected chi connectivity index (χ1v) is 10.4. The fourth-order valence-electron chi connectivity index (χ4n) is 6.70. The number of hydrogen-bond donors (Lipinski definition) is 0. The molecule has 4 fully saturated rings. The molecule has 4 saturated carbocycles. The SMILES string of the molecule is Brc1ccc(C23CC4CC(CC(C4)C2)C3)c2cc(C3=CB3)ccc12. The molecule has 4 aliphatic carbocycles.